The quantitative estimate of drug-likeness (QED) is 0.357. The Kier molecular flexibility index (Phi) is 7.50. The van der Waals surface area contributed by atoms with E-state index in [1.807, 2.05) is 42.6 Å². The van der Waals surface area contributed by atoms with Gasteiger partial charge in [-0.2, -0.15) is 0 Å². The first kappa shape index (κ1) is 22.3. The second-order valence-corrected chi connectivity index (χ2v) is 9.29. The lowest BCUT2D eigenvalue weighted by Crippen LogP contribution is -2.17. The number of thioether (sulfide) groups is 1. The molecular formula is C23H26N2O3S2. The number of thiophene rings is 1. The molecule has 1 amide bonds. The molecule has 2 heterocycles. The second-order valence-electron chi connectivity index (χ2n) is 7.41. The van der Waals surface area contributed by atoms with Gasteiger partial charge in [0.05, 0.1) is 28.5 Å². The van der Waals surface area contributed by atoms with Crippen molar-refractivity contribution in [2.24, 2.45) is 5.92 Å². The molecule has 0 saturated carbocycles. The van der Waals surface area contributed by atoms with Gasteiger partial charge >= 0.3 is 5.97 Å². The fourth-order valence-electron chi connectivity index (χ4n) is 3.20. The smallest absolute Gasteiger partial charge is 0.341 e. The third-order valence-corrected chi connectivity index (χ3v) is 6.33. The maximum Gasteiger partial charge on any atom is 0.341 e. The number of anilines is 1. The Balaban J connectivity index is 1.72. The van der Waals surface area contributed by atoms with E-state index in [0.717, 1.165) is 33.5 Å². The zero-order valence-corrected chi connectivity index (χ0v) is 19.3. The number of ether oxygens (including phenoxy) is 1. The molecule has 7 heteroatoms. The summed E-state index contributed by atoms with van der Waals surface area (Å²) >= 11 is 2.75. The predicted octanol–water partition coefficient (Wildman–Crippen LogP) is 5.71. The first-order valence-electron chi connectivity index (χ1n) is 9.95. The van der Waals surface area contributed by atoms with Gasteiger partial charge in [-0.1, -0.05) is 43.8 Å². The first-order valence-corrected chi connectivity index (χ1v) is 11.8. The monoisotopic (exact) mass is 442 g/mol. The number of carbonyl (C=O) groups excluding carboxylic acids is 2. The van der Waals surface area contributed by atoms with Crippen LogP contribution in [0.1, 0.15) is 42.3 Å². The van der Waals surface area contributed by atoms with Crippen molar-refractivity contribution in [3.63, 3.8) is 0 Å². The highest BCUT2D eigenvalue weighted by Gasteiger charge is 2.22. The van der Waals surface area contributed by atoms with Crippen molar-refractivity contribution >= 4 is 50.9 Å². The molecule has 158 valence electrons. The van der Waals surface area contributed by atoms with Crippen LogP contribution in [-0.4, -0.2) is 29.2 Å². The molecule has 1 N–H and O–H groups in total. The maximum absolute atomic E-state index is 12.6. The number of pyridine rings is 1. The summed E-state index contributed by atoms with van der Waals surface area (Å²) in [5.41, 5.74) is 3.45. The molecule has 0 saturated heterocycles. The summed E-state index contributed by atoms with van der Waals surface area (Å²) in [6.45, 7) is 8.31. The van der Waals surface area contributed by atoms with Gasteiger partial charge in [-0.25, -0.2) is 9.78 Å². The Hall–Kier alpha value is -2.38. The number of nitrogens with zero attached hydrogens (tertiary/aromatic N) is 1. The van der Waals surface area contributed by atoms with Crippen LogP contribution in [0, 0.1) is 12.8 Å². The number of carbonyl (C=O) groups is 2. The molecule has 0 fully saturated rings. The van der Waals surface area contributed by atoms with Gasteiger partial charge in [0.15, 0.2) is 0 Å². The van der Waals surface area contributed by atoms with Gasteiger partial charge in [0.1, 0.15) is 5.00 Å². The first-order chi connectivity index (χ1) is 14.4. The number of para-hydroxylation sites is 1. The van der Waals surface area contributed by atoms with E-state index >= 15 is 0 Å². The number of amides is 1. The van der Waals surface area contributed by atoms with Crippen molar-refractivity contribution < 1.29 is 14.3 Å². The molecule has 0 atom stereocenters. The Morgan fingerprint density at radius 2 is 2.03 bits per heavy atom. The fourth-order valence-corrected chi connectivity index (χ4v) is 4.95. The molecule has 0 aliphatic carbocycles. The molecule has 3 aromatic rings. The van der Waals surface area contributed by atoms with Crippen LogP contribution in [0.15, 0.2) is 40.7 Å². The minimum atomic E-state index is -0.385. The van der Waals surface area contributed by atoms with Crippen molar-refractivity contribution in [2.45, 2.75) is 39.1 Å². The van der Waals surface area contributed by atoms with E-state index in [9.17, 15) is 9.59 Å². The summed E-state index contributed by atoms with van der Waals surface area (Å²) in [6, 6.07) is 9.96. The second kappa shape index (κ2) is 10.1. The summed E-state index contributed by atoms with van der Waals surface area (Å²) < 4.78 is 5.22. The SMILES string of the molecule is CCOC(=O)c1c(CC(C)C)csc1NC(=O)CSc1cc(C)c2ccccc2n1. The van der Waals surface area contributed by atoms with Crippen LogP contribution in [0.3, 0.4) is 0 Å². The van der Waals surface area contributed by atoms with Crippen molar-refractivity contribution in [2.75, 3.05) is 17.7 Å². The Labute approximate surface area is 185 Å². The highest BCUT2D eigenvalue weighted by atomic mass is 32.2. The van der Waals surface area contributed by atoms with E-state index in [-0.39, 0.29) is 17.6 Å². The molecule has 0 radical (unpaired) electrons. The third kappa shape index (κ3) is 5.40. The van der Waals surface area contributed by atoms with E-state index in [1.165, 1.54) is 23.1 Å². The Bertz CT molecular complexity index is 1060. The average Bonchev–Trinajstić information content (AvgIpc) is 3.08. The summed E-state index contributed by atoms with van der Waals surface area (Å²) in [4.78, 5) is 29.7. The van der Waals surface area contributed by atoms with Crippen LogP contribution < -0.4 is 5.32 Å². The van der Waals surface area contributed by atoms with Crippen molar-refractivity contribution in [1.82, 2.24) is 4.98 Å². The molecule has 0 spiro atoms. The highest BCUT2D eigenvalue weighted by molar-refractivity contribution is 7.99. The van der Waals surface area contributed by atoms with Gasteiger partial charge in [-0.3, -0.25) is 4.79 Å². The van der Waals surface area contributed by atoms with Crippen molar-refractivity contribution in [1.29, 1.82) is 0 Å². The van der Waals surface area contributed by atoms with Gasteiger partial charge in [0, 0.05) is 5.39 Å². The van der Waals surface area contributed by atoms with Gasteiger partial charge in [-0.05, 0) is 54.8 Å². The van der Waals surface area contributed by atoms with E-state index in [1.54, 1.807) is 6.92 Å². The molecular weight excluding hydrogens is 416 g/mol. The van der Waals surface area contributed by atoms with Gasteiger partial charge < -0.3 is 10.1 Å². The Morgan fingerprint density at radius 1 is 1.27 bits per heavy atom. The standard InChI is InChI=1S/C23H26N2O3S2/c1-5-28-23(27)21-16(10-14(2)3)12-30-22(21)25-19(26)13-29-20-11-15(4)17-8-6-7-9-18(17)24-20/h6-9,11-12,14H,5,10,13H2,1-4H3,(H,25,26). The maximum atomic E-state index is 12.6. The third-order valence-electron chi connectivity index (χ3n) is 4.48. The van der Waals surface area contributed by atoms with Gasteiger partial charge in [-0.15, -0.1) is 11.3 Å². The predicted molar refractivity (Wildman–Crippen MR) is 125 cm³/mol. The number of aryl methyl sites for hydroxylation is 1. The molecule has 0 unspecified atom stereocenters. The normalized spacial score (nSPS) is 11.1. The lowest BCUT2D eigenvalue weighted by Gasteiger charge is -2.10. The highest BCUT2D eigenvalue weighted by Crippen LogP contribution is 2.31. The van der Waals surface area contributed by atoms with Crippen LogP contribution in [0.5, 0.6) is 0 Å². The summed E-state index contributed by atoms with van der Waals surface area (Å²) in [7, 11) is 0. The number of hydrogen-bond donors (Lipinski definition) is 1. The molecule has 3 rings (SSSR count). The summed E-state index contributed by atoms with van der Waals surface area (Å²) in [5.74, 6) is 0.0548. The van der Waals surface area contributed by atoms with Crippen LogP contribution in [0.2, 0.25) is 0 Å². The van der Waals surface area contributed by atoms with Crippen molar-refractivity contribution in [3.8, 4) is 0 Å². The number of rotatable bonds is 8. The number of fused-ring (bicyclic) bond motifs is 1. The zero-order chi connectivity index (χ0) is 21.7. The fraction of sp³-hybridized carbons (Fsp3) is 0.348. The van der Waals surface area contributed by atoms with E-state index in [2.05, 4.69) is 24.1 Å². The van der Waals surface area contributed by atoms with E-state index in [4.69, 9.17) is 4.74 Å². The van der Waals surface area contributed by atoms with E-state index in [0.29, 0.717) is 23.1 Å². The van der Waals surface area contributed by atoms with Crippen LogP contribution in [0.25, 0.3) is 10.9 Å². The zero-order valence-electron chi connectivity index (χ0n) is 17.7. The number of hydrogen-bond acceptors (Lipinski definition) is 6. The number of aromatic nitrogens is 1. The van der Waals surface area contributed by atoms with Crippen molar-refractivity contribution in [3.05, 3.63) is 52.4 Å². The molecule has 5 nitrogen and oxygen atoms in total. The lowest BCUT2D eigenvalue weighted by molar-refractivity contribution is -0.113. The number of esters is 1. The topological polar surface area (TPSA) is 68.3 Å². The molecule has 2 aromatic heterocycles. The van der Waals surface area contributed by atoms with Gasteiger partial charge in [0.25, 0.3) is 0 Å². The average molecular weight is 443 g/mol. The van der Waals surface area contributed by atoms with Crippen LogP contribution in [-0.2, 0) is 16.0 Å². The Morgan fingerprint density at radius 3 is 2.77 bits per heavy atom. The summed E-state index contributed by atoms with van der Waals surface area (Å²) in [6.07, 6.45) is 0.759. The molecule has 0 aliphatic heterocycles. The van der Waals surface area contributed by atoms with E-state index < -0.39 is 0 Å². The largest absolute Gasteiger partial charge is 0.462 e. The lowest BCUT2D eigenvalue weighted by atomic mass is 10.0. The molecule has 1 aromatic carbocycles. The molecule has 30 heavy (non-hydrogen) atoms. The molecule has 0 aliphatic rings. The number of benzene rings is 1. The minimum absolute atomic E-state index is 0.170. The minimum Gasteiger partial charge on any atom is -0.462 e. The van der Waals surface area contributed by atoms with Gasteiger partial charge in [0.2, 0.25) is 5.91 Å². The van der Waals surface area contributed by atoms with Crippen LogP contribution in [0.4, 0.5) is 5.00 Å². The molecule has 0 bridgehead atoms. The van der Waals surface area contributed by atoms with Crippen LogP contribution >= 0.6 is 23.1 Å². The number of nitrogens with one attached hydrogen (secondary N) is 1. The summed E-state index contributed by atoms with van der Waals surface area (Å²) in [5, 5.41) is 7.30.